The zero-order chi connectivity index (χ0) is 9.84. The Morgan fingerprint density at radius 3 is 2.38 bits per heavy atom. The summed E-state index contributed by atoms with van der Waals surface area (Å²) in [6, 6.07) is 5.56. The van der Waals surface area contributed by atoms with Crippen LogP contribution in [0.3, 0.4) is 0 Å². The zero-order valence-corrected chi connectivity index (χ0v) is 9.85. The first-order chi connectivity index (χ1) is 6.15. The molecule has 1 amide bonds. The van der Waals surface area contributed by atoms with Crippen LogP contribution in [-0.4, -0.2) is 12.5 Å². The average Bonchev–Trinajstić information content (AvgIpc) is 2.11. The molecule has 0 aliphatic rings. The van der Waals surface area contributed by atoms with Crippen LogP contribution in [0.2, 0.25) is 0 Å². The van der Waals surface area contributed by atoms with Gasteiger partial charge in [-0.15, -0.1) is 0 Å². The Balaban J connectivity index is 2.93. The van der Waals surface area contributed by atoms with Crippen molar-refractivity contribution in [3.63, 3.8) is 0 Å². The topological polar surface area (TPSA) is 55.1 Å². The minimum atomic E-state index is -0.215. The lowest BCUT2D eigenvalue weighted by molar-refractivity contribution is -0.114. The maximum atomic E-state index is 11.0. The minimum Gasteiger partial charge on any atom is -0.323 e. The number of anilines is 1. The van der Waals surface area contributed by atoms with E-state index < -0.39 is 0 Å². The predicted molar refractivity (Wildman–Crippen MR) is 59.5 cm³/mol. The second-order valence-electron chi connectivity index (χ2n) is 2.35. The molecule has 0 aliphatic carbocycles. The first-order valence-electron chi connectivity index (χ1n) is 3.59. The maximum absolute atomic E-state index is 11.0. The van der Waals surface area contributed by atoms with Crippen molar-refractivity contribution in [3.05, 3.63) is 27.1 Å². The second kappa shape index (κ2) is 4.74. The molecular weight excluding hydrogens is 300 g/mol. The Morgan fingerprint density at radius 1 is 1.38 bits per heavy atom. The van der Waals surface area contributed by atoms with Crippen molar-refractivity contribution >= 4 is 43.5 Å². The number of rotatable bonds is 2. The molecule has 0 saturated heterocycles. The number of benzene rings is 1. The molecule has 3 nitrogen and oxygen atoms in total. The number of nitrogens with two attached hydrogens (primary N) is 1. The Labute approximate surface area is 92.9 Å². The highest BCUT2D eigenvalue weighted by molar-refractivity contribution is 9.11. The first-order valence-corrected chi connectivity index (χ1v) is 5.17. The van der Waals surface area contributed by atoms with Crippen molar-refractivity contribution in [2.75, 3.05) is 11.9 Å². The summed E-state index contributed by atoms with van der Waals surface area (Å²) in [6.45, 7) is -0.0201. The van der Waals surface area contributed by atoms with Crippen LogP contribution in [0, 0.1) is 0 Å². The number of hydrogen-bond donors (Lipinski definition) is 2. The molecule has 13 heavy (non-hydrogen) atoms. The molecule has 1 aromatic rings. The molecule has 70 valence electrons. The van der Waals surface area contributed by atoms with E-state index in [-0.39, 0.29) is 12.5 Å². The molecule has 1 aromatic carbocycles. The van der Waals surface area contributed by atoms with E-state index in [1.807, 2.05) is 18.2 Å². The Bertz CT molecular complexity index is 308. The summed E-state index contributed by atoms with van der Waals surface area (Å²) in [7, 11) is 0. The van der Waals surface area contributed by atoms with Gasteiger partial charge < -0.3 is 11.1 Å². The molecule has 3 N–H and O–H groups in total. The summed E-state index contributed by atoms with van der Waals surface area (Å²) in [5.41, 5.74) is 5.88. The van der Waals surface area contributed by atoms with E-state index in [2.05, 4.69) is 37.2 Å². The molecule has 0 saturated carbocycles. The van der Waals surface area contributed by atoms with Crippen LogP contribution < -0.4 is 11.1 Å². The van der Waals surface area contributed by atoms with Crippen LogP contribution in [-0.2, 0) is 4.79 Å². The van der Waals surface area contributed by atoms with Crippen molar-refractivity contribution in [2.45, 2.75) is 0 Å². The summed E-state index contributed by atoms with van der Waals surface area (Å²) >= 11 is 6.64. The summed E-state index contributed by atoms with van der Waals surface area (Å²) in [5.74, 6) is -0.215. The summed E-state index contributed by atoms with van der Waals surface area (Å²) in [4.78, 5) is 11.0. The third-order valence-electron chi connectivity index (χ3n) is 1.41. The number of carbonyl (C=O) groups excluding carboxylic acids is 1. The molecular formula is C8H8Br2N2O. The standard InChI is InChI=1S/C8H8Br2N2O/c9-5-2-1-3-6(10)8(5)12-7(13)4-11/h1-3H,4,11H2,(H,12,13). The molecule has 0 aliphatic heterocycles. The largest absolute Gasteiger partial charge is 0.323 e. The lowest BCUT2D eigenvalue weighted by atomic mass is 10.3. The molecule has 0 unspecified atom stereocenters. The van der Waals surface area contributed by atoms with Gasteiger partial charge in [0.1, 0.15) is 0 Å². The molecule has 0 spiro atoms. The molecule has 0 radical (unpaired) electrons. The van der Waals surface area contributed by atoms with Crippen molar-refractivity contribution in [1.29, 1.82) is 0 Å². The van der Waals surface area contributed by atoms with E-state index in [0.717, 1.165) is 8.95 Å². The highest BCUT2D eigenvalue weighted by Gasteiger charge is 2.06. The van der Waals surface area contributed by atoms with Gasteiger partial charge in [0.25, 0.3) is 0 Å². The highest BCUT2D eigenvalue weighted by Crippen LogP contribution is 2.30. The fraction of sp³-hybridized carbons (Fsp3) is 0.125. The Hall–Kier alpha value is -0.390. The first kappa shape index (κ1) is 10.7. The fourth-order valence-corrected chi connectivity index (χ4v) is 2.00. The summed E-state index contributed by atoms with van der Waals surface area (Å²) in [5, 5.41) is 2.67. The van der Waals surface area contributed by atoms with Gasteiger partial charge in [-0.2, -0.15) is 0 Å². The van der Waals surface area contributed by atoms with Gasteiger partial charge in [0, 0.05) is 8.95 Å². The summed E-state index contributed by atoms with van der Waals surface area (Å²) < 4.78 is 1.65. The maximum Gasteiger partial charge on any atom is 0.238 e. The van der Waals surface area contributed by atoms with Crippen molar-refractivity contribution in [3.8, 4) is 0 Å². The Kier molecular flexibility index (Phi) is 3.90. The molecule has 0 fully saturated rings. The van der Waals surface area contributed by atoms with Gasteiger partial charge in [0.15, 0.2) is 0 Å². The SMILES string of the molecule is NCC(=O)Nc1c(Br)cccc1Br. The lowest BCUT2D eigenvalue weighted by Crippen LogP contribution is -2.22. The van der Waals surface area contributed by atoms with Crippen LogP contribution >= 0.6 is 31.9 Å². The van der Waals surface area contributed by atoms with Gasteiger partial charge in [0.2, 0.25) is 5.91 Å². The molecule has 0 heterocycles. The second-order valence-corrected chi connectivity index (χ2v) is 4.06. The molecule has 0 atom stereocenters. The van der Waals surface area contributed by atoms with Crippen molar-refractivity contribution in [2.24, 2.45) is 5.73 Å². The van der Waals surface area contributed by atoms with Crippen LogP contribution in [0.4, 0.5) is 5.69 Å². The van der Waals surface area contributed by atoms with Crippen molar-refractivity contribution < 1.29 is 4.79 Å². The van der Waals surface area contributed by atoms with E-state index in [0.29, 0.717) is 5.69 Å². The number of amides is 1. The fourth-order valence-electron chi connectivity index (χ4n) is 0.808. The highest BCUT2D eigenvalue weighted by atomic mass is 79.9. The van der Waals surface area contributed by atoms with E-state index in [1.165, 1.54) is 0 Å². The van der Waals surface area contributed by atoms with E-state index in [9.17, 15) is 4.79 Å². The molecule has 0 aromatic heterocycles. The quantitative estimate of drug-likeness (QED) is 0.879. The van der Waals surface area contributed by atoms with Gasteiger partial charge >= 0.3 is 0 Å². The van der Waals surface area contributed by atoms with Gasteiger partial charge in [-0.3, -0.25) is 4.79 Å². The van der Waals surface area contributed by atoms with Gasteiger partial charge in [-0.1, -0.05) is 6.07 Å². The third kappa shape index (κ3) is 2.79. The molecule has 0 bridgehead atoms. The van der Waals surface area contributed by atoms with Gasteiger partial charge in [-0.25, -0.2) is 0 Å². The minimum absolute atomic E-state index is 0.0201. The van der Waals surface area contributed by atoms with Gasteiger partial charge in [-0.05, 0) is 44.0 Å². The number of nitrogens with one attached hydrogen (secondary N) is 1. The zero-order valence-electron chi connectivity index (χ0n) is 6.68. The number of para-hydroxylation sites is 1. The van der Waals surface area contributed by atoms with Crippen molar-refractivity contribution in [1.82, 2.24) is 0 Å². The van der Waals surface area contributed by atoms with E-state index >= 15 is 0 Å². The molecule has 5 heteroatoms. The smallest absolute Gasteiger partial charge is 0.238 e. The van der Waals surface area contributed by atoms with Crippen LogP contribution in [0.25, 0.3) is 0 Å². The van der Waals surface area contributed by atoms with E-state index in [1.54, 1.807) is 0 Å². The predicted octanol–water partition coefficient (Wildman–Crippen LogP) is 2.11. The molecule has 1 rings (SSSR count). The third-order valence-corrected chi connectivity index (χ3v) is 2.73. The summed E-state index contributed by atoms with van der Waals surface area (Å²) in [6.07, 6.45) is 0. The van der Waals surface area contributed by atoms with Gasteiger partial charge in [0.05, 0.1) is 12.2 Å². The van der Waals surface area contributed by atoms with Crippen LogP contribution in [0.5, 0.6) is 0 Å². The van der Waals surface area contributed by atoms with E-state index in [4.69, 9.17) is 5.73 Å². The number of hydrogen-bond acceptors (Lipinski definition) is 2. The lowest BCUT2D eigenvalue weighted by Gasteiger charge is -2.07. The average molecular weight is 308 g/mol. The number of carbonyl (C=O) groups is 1. The Morgan fingerprint density at radius 2 is 1.92 bits per heavy atom. The normalized spacial score (nSPS) is 9.77. The monoisotopic (exact) mass is 306 g/mol. The number of halogens is 2. The van der Waals surface area contributed by atoms with Crippen LogP contribution in [0.1, 0.15) is 0 Å². The van der Waals surface area contributed by atoms with Crippen LogP contribution in [0.15, 0.2) is 27.1 Å².